The Labute approximate surface area is 73.0 Å². The van der Waals surface area contributed by atoms with E-state index in [1.54, 1.807) is 0 Å². The Morgan fingerprint density at radius 2 is 2.08 bits per heavy atom. The van der Waals surface area contributed by atoms with Crippen LogP contribution in [0.2, 0.25) is 0 Å². The van der Waals surface area contributed by atoms with Crippen molar-refractivity contribution in [3.05, 3.63) is 11.4 Å². The standard InChI is InChI=1S/C9H16N2O/c1-5-6(2)11-8(4)9(12)7(3)10-11/h6,12H,5H2,1-4H3. The van der Waals surface area contributed by atoms with Crippen LogP contribution in [0.25, 0.3) is 0 Å². The molecule has 1 aromatic heterocycles. The summed E-state index contributed by atoms with van der Waals surface area (Å²) in [6, 6.07) is 0.365. The van der Waals surface area contributed by atoms with E-state index in [1.807, 2.05) is 18.5 Å². The van der Waals surface area contributed by atoms with Gasteiger partial charge >= 0.3 is 0 Å². The van der Waals surface area contributed by atoms with Crippen molar-refractivity contribution < 1.29 is 5.11 Å². The molecule has 0 aliphatic heterocycles. The van der Waals surface area contributed by atoms with E-state index >= 15 is 0 Å². The molecule has 1 heterocycles. The molecule has 12 heavy (non-hydrogen) atoms. The van der Waals surface area contributed by atoms with Gasteiger partial charge in [-0.1, -0.05) is 6.92 Å². The molecule has 1 rings (SSSR count). The Bertz CT molecular complexity index is 278. The lowest BCUT2D eigenvalue weighted by atomic mass is 10.2. The van der Waals surface area contributed by atoms with Crippen molar-refractivity contribution in [2.24, 2.45) is 0 Å². The average Bonchev–Trinajstić information content (AvgIpc) is 2.32. The molecule has 3 nitrogen and oxygen atoms in total. The number of aromatic hydroxyl groups is 1. The van der Waals surface area contributed by atoms with Gasteiger partial charge in [0.25, 0.3) is 0 Å². The highest BCUT2D eigenvalue weighted by Gasteiger charge is 2.12. The van der Waals surface area contributed by atoms with Crippen LogP contribution in [0.15, 0.2) is 0 Å². The van der Waals surface area contributed by atoms with Crippen LogP contribution in [0, 0.1) is 13.8 Å². The third-order valence-electron chi connectivity index (χ3n) is 2.30. The largest absolute Gasteiger partial charge is 0.504 e. The van der Waals surface area contributed by atoms with Gasteiger partial charge < -0.3 is 5.11 Å². The van der Waals surface area contributed by atoms with E-state index in [2.05, 4.69) is 18.9 Å². The second-order valence-corrected chi connectivity index (χ2v) is 3.22. The number of hydrogen-bond donors (Lipinski definition) is 1. The SMILES string of the molecule is CCC(C)n1nc(C)c(O)c1C. The molecule has 0 fully saturated rings. The van der Waals surface area contributed by atoms with Crippen molar-refractivity contribution in [1.29, 1.82) is 0 Å². The smallest absolute Gasteiger partial charge is 0.159 e. The highest BCUT2D eigenvalue weighted by Crippen LogP contribution is 2.23. The lowest BCUT2D eigenvalue weighted by Crippen LogP contribution is -2.07. The third kappa shape index (κ3) is 1.31. The normalized spacial score (nSPS) is 13.3. The van der Waals surface area contributed by atoms with Crippen LogP contribution in [-0.4, -0.2) is 14.9 Å². The van der Waals surface area contributed by atoms with Crippen LogP contribution in [0.5, 0.6) is 5.75 Å². The minimum Gasteiger partial charge on any atom is -0.504 e. The quantitative estimate of drug-likeness (QED) is 0.735. The molecular weight excluding hydrogens is 152 g/mol. The highest BCUT2D eigenvalue weighted by molar-refractivity contribution is 5.30. The Morgan fingerprint density at radius 3 is 2.42 bits per heavy atom. The lowest BCUT2D eigenvalue weighted by molar-refractivity contribution is 0.445. The van der Waals surface area contributed by atoms with Crippen LogP contribution in [-0.2, 0) is 0 Å². The molecule has 68 valence electrons. The van der Waals surface area contributed by atoms with E-state index in [9.17, 15) is 5.11 Å². The highest BCUT2D eigenvalue weighted by atomic mass is 16.3. The first-order chi connectivity index (χ1) is 5.57. The maximum Gasteiger partial charge on any atom is 0.159 e. The van der Waals surface area contributed by atoms with E-state index in [-0.39, 0.29) is 0 Å². The van der Waals surface area contributed by atoms with Gasteiger partial charge in [-0.15, -0.1) is 0 Å². The fourth-order valence-corrected chi connectivity index (χ4v) is 1.26. The Kier molecular flexibility index (Phi) is 2.40. The van der Waals surface area contributed by atoms with Crippen LogP contribution < -0.4 is 0 Å². The number of hydrogen-bond acceptors (Lipinski definition) is 2. The molecule has 0 aliphatic carbocycles. The zero-order chi connectivity index (χ0) is 9.30. The van der Waals surface area contributed by atoms with Crippen LogP contribution in [0.3, 0.4) is 0 Å². The first-order valence-electron chi connectivity index (χ1n) is 4.32. The van der Waals surface area contributed by atoms with Gasteiger partial charge in [-0.25, -0.2) is 0 Å². The molecule has 1 unspecified atom stereocenters. The van der Waals surface area contributed by atoms with Gasteiger partial charge in [0, 0.05) is 6.04 Å². The van der Waals surface area contributed by atoms with E-state index in [4.69, 9.17) is 0 Å². The fourth-order valence-electron chi connectivity index (χ4n) is 1.26. The molecule has 3 heteroatoms. The fraction of sp³-hybridized carbons (Fsp3) is 0.667. The second kappa shape index (κ2) is 3.17. The Balaban J connectivity index is 3.08. The molecule has 0 radical (unpaired) electrons. The molecule has 1 N–H and O–H groups in total. The average molecular weight is 168 g/mol. The molecule has 0 aliphatic rings. The number of rotatable bonds is 2. The number of aromatic nitrogens is 2. The molecule has 0 saturated carbocycles. The first-order valence-corrected chi connectivity index (χ1v) is 4.32. The van der Waals surface area contributed by atoms with Gasteiger partial charge in [-0.3, -0.25) is 4.68 Å². The van der Waals surface area contributed by atoms with Gasteiger partial charge in [-0.05, 0) is 27.2 Å². The van der Waals surface area contributed by atoms with Crippen molar-refractivity contribution in [3.63, 3.8) is 0 Å². The van der Waals surface area contributed by atoms with Crippen molar-refractivity contribution in [1.82, 2.24) is 9.78 Å². The minimum absolute atomic E-state index is 0.329. The zero-order valence-corrected chi connectivity index (χ0v) is 8.13. The third-order valence-corrected chi connectivity index (χ3v) is 2.30. The predicted molar refractivity (Wildman–Crippen MR) is 48.4 cm³/mol. The van der Waals surface area contributed by atoms with Crippen LogP contribution >= 0.6 is 0 Å². The summed E-state index contributed by atoms with van der Waals surface area (Å²) in [4.78, 5) is 0. The Morgan fingerprint density at radius 1 is 1.50 bits per heavy atom. The number of nitrogens with zero attached hydrogens (tertiary/aromatic N) is 2. The maximum absolute atomic E-state index is 9.49. The van der Waals surface area contributed by atoms with Crippen molar-refractivity contribution in [2.45, 2.75) is 40.2 Å². The van der Waals surface area contributed by atoms with Crippen molar-refractivity contribution in [2.75, 3.05) is 0 Å². The van der Waals surface area contributed by atoms with Crippen molar-refractivity contribution in [3.8, 4) is 5.75 Å². The minimum atomic E-state index is 0.329. The second-order valence-electron chi connectivity index (χ2n) is 3.22. The molecule has 0 bridgehead atoms. The van der Waals surface area contributed by atoms with E-state index in [0.29, 0.717) is 17.5 Å². The Hall–Kier alpha value is -0.990. The topological polar surface area (TPSA) is 38.0 Å². The summed E-state index contributed by atoms with van der Waals surface area (Å²) in [5.74, 6) is 0.329. The van der Waals surface area contributed by atoms with Gasteiger partial charge in [-0.2, -0.15) is 5.10 Å². The summed E-state index contributed by atoms with van der Waals surface area (Å²) in [5, 5.41) is 13.7. The molecule has 1 aromatic rings. The summed E-state index contributed by atoms with van der Waals surface area (Å²) in [6.07, 6.45) is 1.03. The molecule has 0 spiro atoms. The number of aryl methyl sites for hydroxylation is 1. The first kappa shape index (κ1) is 9.10. The predicted octanol–water partition coefficient (Wildman–Crippen LogP) is 2.18. The summed E-state index contributed by atoms with van der Waals surface area (Å²) < 4.78 is 1.88. The summed E-state index contributed by atoms with van der Waals surface area (Å²) in [5.41, 5.74) is 1.58. The van der Waals surface area contributed by atoms with Crippen molar-refractivity contribution >= 4 is 0 Å². The molecule has 0 saturated heterocycles. The van der Waals surface area contributed by atoms with E-state index < -0.39 is 0 Å². The van der Waals surface area contributed by atoms with Gasteiger partial charge in [0.1, 0.15) is 5.69 Å². The summed E-state index contributed by atoms with van der Waals surface area (Å²) in [6.45, 7) is 7.92. The molecular formula is C9H16N2O. The van der Waals surface area contributed by atoms with Gasteiger partial charge in [0.15, 0.2) is 5.75 Å². The van der Waals surface area contributed by atoms with E-state index in [0.717, 1.165) is 12.1 Å². The monoisotopic (exact) mass is 168 g/mol. The van der Waals surface area contributed by atoms with Crippen LogP contribution in [0.1, 0.15) is 37.7 Å². The van der Waals surface area contributed by atoms with Gasteiger partial charge in [0.05, 0.1) is 5.69 Å². The molecule has 1 atom stereocenters. The van der Waals surface area contributed by atoms with E-state index in [1.165, 1.54) is 0 Å². The summed E-state index contributed by atoms with van der Waals surface area (Å²) in [7, 11) is 0. The molecule has 0 amide bonds. The zero-order valence-electron chi connectivity index (χ0n) is 8.13. The molecule has 0 aromatic carbocycles. The maximum atomic E-state index is 9.49. The lowest BCUT2D eigenvalue weighted by Gasteiger charge is -2.10. The van der Waals surface area contributed by atoms with Crippen LogP contribution in [0.4, 0.5) is 0 Å². The van der Waals surface area contributed by atoms with Gasteiger partial charge in [0.2, 0.25) is 0 Å². The summed E-state index contributed by atoms with van der Waals surface area (Å²) >= 11 is 0.